The van der Waals surface area contributed by atoms with Gasteiger partial charge in [0.1, 0.15) is 11.2 Å². The molecule has 3 aromatic rings. The Hall–Kier alpha value is -2.24. The third-order valence-corrected chi connectivity index (χ3v) is 5.70. The highest BCUT2D eigenvalue weighted by molar-refractivity contribution is 6.30. The Kier molecular flexibility index (Phi) is 4.74. The average molecular weight is 383 g/mol. The molecule has 0 radical (unpaired) electrons. The summed E-state index contributed by atoms with van der Waals surface area (Å²) >= 11 is 6.20. The van der Waals surface area contributed by atoms with Crippen molar-refractivity contribution in [1.82, 2.24) is 20.1 Å². The van der Waals surface area contributed by atoms with Gasteiger partial charge in [0.2, 0.25) is 0 Å². The lowest BCUT2D eigenvalue weighted by Crippen LogP contribution is -2.54. The van der Waals surface area contributed by atoms with Crippen molar-refractivity contribution in [2.24, 2.45) is 0 Å². The number of fused-ring (bicyclic) bond motifs is 1. The minimum atomic E-state index is -0.463. The van der Waals surface area contributed by atoms with Gasteiger partial charge >= 0.3 is 0 Å². The Labute approximate surface area is 163 Å². The van der Waals surface area contributed by atoms with E-state index in [1.165, 1.54) is 6.42 Å². The molecule has 1 aliphatic heterocycles. The summed E-state index contributed by atoms with van der Waals surface area (Å²) < 4.78 is 1.64. The molecule has 1 aromatic carbocycles. The standard InChI is InChI=1S/C21H23ClN4O/c1-21(2,17-10-3-4-11-23-17)26-20(27)16-9-6-12-24-19(16)18(25-26)14-7-5-8-15(22)13-14/h5-9,12-13,17,23H,3-4,10-11H2,1-2H3. The molecule has 1 fully saturated rings. The molecule has 0 bridgehead atoms. The lowest BCUT2D eigenvalue weighted by atomic mass is 9.88. The molecular formula is C21H23ClN4O. The van der Waals surface area contributed by atoms with Crippen LogP contribution in [0.2, 0.25) is 5.02 Å². The van der Waals surface area contributed by atoms with E-state index in [2.05, 4.69) is 24.1 Å². The van der Waals surface area contributed by atoms with Gasteiger partial charge in [-0.2, -0.15) is 5.10 Å². The van der Waals surface area contributed by atoms with E-state index < -0.39 is 5.54 Å². The van der Waals surface area contributed by atoms with Crippen molar-refractivity contribution < 1.29 is 0 Å². The van der Waals surface area contributed by atoms with Crippen molar-refractivity contribution >= 4 is 22.5 Å². The maximum atomic E-state index is 13.3. The molecule has 1 saturated heterocycles. The maximum absolute atomic E-state index is 13.3. The Balaban J connectivity index is 1.96. The highest BCUT2D eigenvalue weighted by Gasteiger charge is 2.35. The summed E-state index contributed by atoms with van der Waals surface area (Å²) in [6, 6.07) is 11.3. The molecular weight excluding hydrogens is 360 g/mol. The Morgan fingerprint density at radius 2 is 2.07 bits per heavy atom. The van der Waals surface area contributed by atoms with Crippen LogP contribution in [-0.4, -0.2) is 27.4 Å². The molecule has 5 nitrogen and oxygen atoms in total. The van der Waals surface area contributed by atoms with Crippen LogP contribution in [0.25, 0.3) is 22.2 Å². The van der Waals surface area contributed by atoms with E-state index >= 15 is 0 Å². The Morgan fingerprint density at radius 3 is 2.81 bits per heavy atom. The molecule has 0 saturated carbocycles. The molecule has 0 aliphatic carbocycles. The van der Waals surface area contributed by atoms with E-state index in [1.807, 2.05) is 30.3 Å². The predicted molar refractivity (Wildman–Crippen MR) is 109 cm³/mol. The van der Waals surface area contributed by atoms with Gasteiger partial charge in [-0.05, 0) is 57.5 Å². The van der Waals surface area contributed by atoms with Crippen molar-refractivity contribution in [3.8, 4) is 11.3 Å². The normalized spacial score (nSPS) is 18.0. The molecule has 0 amide bonds. The molecule has 1 N–H and O–H groups in total. The highest BCUT2D eigenvalue weighted by Crippen LogP contribution is 2.29. The summed E-state index contributed by atoms with van der Waals surface area (Å²) in [4.78, 5) is 17.7. The average Bonchev–Trinajstić information content (AvgIpc) is 2.69. The van der Waals surface area contributed by atoms with Crippen molar-refractivity contribution in [1.29, 1.82) is 0 Å². The fraction of sp³-hybridized carbons (Fsp3) is 0.381. The van der Waals surface area contributed by atoms with Gasteiger partial charge in [0, 0.05) is 22.8 Å². The quantitative estimate of drug-likeness (QED) is 0.744. The first-order valence-electron chi connectivity index (χ1n) is 9.36. The third kappa shape index (κ3) is 3.26. The van der Waals surface area contributed by atoms with Crippen molar-refractivity contribution in [2.45, 2.75) is 44.7 Å². The monoisotopic (exact) mass is 382 g/mol. The molecule has 6 heteroatoms. The van der Waals surface area contributed by atoms with Crippen LogP contribution in [0.15, 0.2) is 47.4 Å². The van der Waals surface area contributed by atoms with E-state index in [-0.39, 0.29) is 11.6 Å². The van der Waals surface area contributed by atoms with Gasteiger partial charge in [0.05, 0.1) is 10.9 Å². The largest absolute Gasteiger partial charge is 0.312 e. The van der Waals surface area contributed by atoms with Gasteiger partial charge in [-0.25, -0.2) is 4.68 Å². The Bertz CT molecular complexity index is 1040. The van der Waals surface area contributed by atoms with E-state index in [4.69, 9.17) is 16.7 Å². The van der Waals surface area contributed by atoms with Crippen LogP contribution in [0.5, 0.6) is 0 Å². The summed E-state index contributed by atoms with van der Waals surface area (Å²) in [7, 11) is 0. The third-order valence-electron chi connectivity index (χ3n) is 5.46. The number of hydrogen-bond acceptors (Lipinski definition) is 4. The molecule has 4 rings (SSSR count). The fourth-order valence-corrected chi connectivity index (χ4v) is 4.09. The molecule has 0 spiro atoms. The summed E-state index contributed by atoms with van der Waals surface area (Å²) in [5.41, 5.74) is 1.56. The molecule has 1 unspecified atom stereocenters. The topological polar surface area (TPSA) is 59.8 Å². The van der Waals surface area contributed by atoms with Crippen molar-refractivity contribution in [3.05, 3.63) is 58.0 Å². The second-order valence-corrected chi connectivity index (χ2v) is 8.07. The smallest absolute Gasteiger partial charge is 0.276 e. The number of piperidine rings is 1. The minimum absolute atomic E-state index is 0.110. The SMILES string of the molecule is CC(C)(C1CCCCN1)n1nc(-c2cccc(Cl)c2)c2ncccc2c1=O. The zero-order valence-corrected chi connectivity index (χ0v) is 16.3. The predicted octanol–water partition coefficient (Wildman–Crippen LogP) is 3.99. The van der Waals surface area contributed by atoms with Gasteiger partial charge in [0.15, 0.2) is 0 Å². The number of halogens is 1. The molecule has 1 atom stereocenters. The first kappa shape index (κ1) is 18.1. The van der Waals surface area contributed by atoms with Gasteiger partial charge in [-0.15, -0.1) is 0 Å². The number of benzene rings is 1. The van der Waals surface area contributed by atoms with E-state index in [1.54, 1.807) is 16.9 Å². The number of nitrogens with one attached hydrogen (secondary N) is 1. The number of rotatable bonds is 3. The van der Waals surface area contributed by atoms with E-state index in [0.717, 1.165) is 24.9 Å². The van der Waals surface area contributed by atoms with Crippen LogP contribution in [0.1, 0.15) is 33.1 Å². The van der Waals surface area contributed by atoms with Crippen LogP contribution < -0.4 is 10.9 Å². The van der Waals surface area contributed by atoms with Gasteiger partial charge < -0.3 is 5.32 Å². The minimum Gasteiger partial charge on any atom is -0.312 e. The van der Waals surface area contributed by atoms with Crippen molar-refractivity contribution in [3.63, 3.8) is 0 Å². The van der Waals surface area contributed by atoms with Crippen molar-refractivity contribution in [2.75, 3.05) is 6.54 Å². The van der Waals surface area contributed by atoms with Crippen LogP contribution >= 0.6 is 11.6 Å². The zero-order chi connectivity index (χ0) is 19.0. The second kappa shape index (κ2) is 7.06. The summed E-state index contributed by atoms with van der Waals surface area (Å²) in [5.74, 6) is 0. The number of hydrogen-bond donors (Lipinski definition) is 1. The number of pyridine rings is 1. The molecule has 140 valence electrons. The molecule has 2 aromatic heterocycles. The van der Waals surface area contributed by atoms with Gasteiger partial charge in [0.25, 0.3) is 5.56 Å². The first-order chi connectivity index (χ1) is 13.0. The summed E-state index contributed by atoms with van der Waals surface area (Å²) in [6.07, 6.45) is 5.05. The number of aromatic nitrogens is 3. The lowest BCUT2D eigenvalue weighted by Gasteiger charge is -2.38. The zero-order valence-electron chi connectivity index (χ0n) is 15.6. The lowest BCUT2D eigenvalue weighted by molar-refractivity contribution is 0.183. The Morgan fingerprint density at radius 1 is 1.22 bits per heavy atom. The van der Waals surface area contributed by atoms with Gasteiger partial charge in [-0.1, -0.05) is 30.2 Å². The van der Waals surface area contributed by atoms with Crippen LogP contribution in [0, 0.1) is 0 Å². The van der Waals surface area contributed by atoms with Gasteiger partial charge in [-0.3, -0.25) is 9.78 Å². The van der Waals surface area contributed by atoms with Crippen LogP contribution in [0.3, 0.4) is 0 Å². The number of nitrogens with zero attached hydrogens (tertiary/aromatic N) is 3. The second-order valence-electron chi connectivity index (χ2n) is 7.63. The first-order valence-corrected chi connectivity index (χ1v) is 9.74. The van der Waals surface area contributed by atoms with E-state index in [9.17, 15) is 4.79 Å². The highest BCUT2D eigenvalue weighted by atomic mass is 35.5. The van der Waals surface area contributed by atoms with E-state index in [0.29, 0.717) is 21.6 Å². The summed E-state index contributed by atoms with van der Waals surface area (Å²) in [5, 5.41) is 9.57. The molecule has 27 heavy (non-hydrogen) atoms. The molecule has 1 aliphatic rings. The molecule has 3 heterocycles. The fourth-order valence-electron chi connectivity index (χ4n) is 3.90. The summed E-state index contributed by atoms with van der Waals surface area (Å²) in [6.45, 7) is 5.13. The van der Waals surface area contributed by atoms with Crippen LogP contribution in [-0.2, 0) is 5.54 Å². The maximum Gasteiger partial charge on any atom is 0.276 e. The van der Waals surface area contributed by atoms with Crippen LogP contribution in [0.4, 0.5) is 0 Å².